The summed E-state index contributed by atoms with van der Waals surface area (Å²) in [6, 6.07) is 5.27. The second-order valence-electron chi connectivity index (χ2n) is 6.60. The lowest BCUT2D eigenvalue weighted by Crippen LogP contribution is -2.51. The number of benzene rings is 1. The molecule has 0 unspecified atom stereocenters. The molecule has 1 amide bonds. The molecule has 1 aromatic rings. The van der Waals surface area contributed by atoms with Gasteiger partial charge in [-0.3, -0.25) is 4.79 Å². The molecule has 1 aliphatic heterocycles. The molecule has 0 radical (unpaired) electrons. The van der Waals surface area contributed by atoms with Crippen LogP contribution in [0.2, 0.25) is 0 Å². The second kappa shape index (κ2) is 6.15. The van der Waals surface area contributed by atoms with Crippen LogP contribution in [0.25, 0.3) is 0 Å². The van der Waals surface area contributed by atoms with E-state index in [0.29, 0.717) is 30.9 Å². The van der Waals surface area contributed by atoms with Crippen molar-refractivity contribution in [2.24, 2.45) is 5.92 Å². The Labute approximate surface area is 133 Å². The molecule has 3 nitrogen and oxygen atoms in total. The van der Waals surface area contributed by atoms with Crippen LogP contribution in [0, 0.1) is 5.92 Å². The van der Waals surface area contributed by atoms with Crippen molar-refractivity contribution in [3.8, 4) is 0 Å². The van der Waals surface area contributed by atoms with Crippen molar-refractivity contribution in [1.82, 2.24) is 10.6 Å². The molecule has 1 heterocycles. The molecule has 1 aromatic carbocycles. The molecule has 0 atom stereocenters. The molecular weight excluding hydrogens is 305 g/mol. The van der Waals surface area contributed by atoms with Gasteiger partial charge in [0.05, 0.1) is 11.0 Å². The first-order chi connectivity index (χ1) is 10.9. The van der Waals surface area contributed by atoms with Crippen molar-refractivity contribution in [2.45, 2.75) is 37.3 Å². The van der Waals surface area contributed by atoms with E-state index in [0.717, 1.165) is 38.1 Å². The van der Waals surface area contributed by atoms with E-state index >= 15 is 0 Å². The molecule has 126 valence electrons. The third kappa shape index (κ3) is 3.22. The minimum atomic E-state index is -4.39. The van der Waals surface area contributed by atoms with Gasteiger partial charge < -0.3 is 10.6 Å². The number of carbonyl (C=O) groups excluding carboxylic acids is 1. The van der Waals surface area contributed by atoms with Crippen LogP contribution in [0.15, 0.2) is 24.3 Å². The topological polar surface area (TPSA) is 41.1 Å². The van der Waals surface area contributed by atoms with E-state index in [1.54, 1.807) is 6.07 Å². The normalized spacial score (nSPS) is 21.0. The van der Waals surface area contributed by atoms with Crippen molar-refractivity contribution in [1.29, 1.82) is 0 Å². The van der Waals surface area contributed by atoms with Crippen LogP contribution in [0.4, 0.5) is 13.2 Å². The first kappa shape index (κ1) is 16.3. The Morgan fingerprint density at radius 1 is 1.26 bits per heavy atom. The Bertz CT molecular complexity index is 575. The lowest BCUT2D eigenvalue weighted by Gasteiger charge is -2.32. The summed E-state index contributed by atoms with van der Waals surface area (Å²) in [5, 5.41) is 6.11. The van der Waals surface area contributed by atoms with Gasteiger partial charge in [-0.2, -0.15) is 13.2 Å². The highest BCUT2D eigenvalue weighted by Gasteiger charge is 2.44. The number of carbonyl (C=O) groups is 1. The van der Waals surface area contributed by atoms with Crippen LogP contribution >= 0.6 is 0 Å². The summed E-state index contributed by atoms with van der Waals surface area (Å²) in [5.74, 6) is 0.306. The van der Waals surface area contributed by atoms with Crippen molar-refractivity contribution in [2.75, 3.05) is 19.6 Å². The van der Waals surface area contributed by atoms with E-state index in [4.69, 9.17) is 0 Å². The van der Waals surface area contributed by atoms with E-state index < -0.39 is 17.2 Å². The molecule has 0 aromatic heterocycles. The Balaban J connectivity index is 1.83. The lowest BCUT2D eigenvalue weighted by atomic mass is 9.77. The Hall–Kier alpha value is -1.56. The number of alkyl halides is 3. The average Bonchev–Trinajstić information content (AvgIpc) is 2.95. The molecule has 2 aliphatic rings. The van der Waals surface area contributed by atoms with Crippen LogP contribution < -0.4 is 10.6 Å². The van der Waals surface area contributed by atoms with Gasteiger partial charge in [-0.25, -0.2) is 0 Å². The third-order valence-corrected chi connectivity index (χ3v) is 5.05. The maximum atomic E-state index is 13.0. The van der Waals surface area contributed by atoms with Crippen LogP contribution in [-0.4, -0.2) is 25.5 Å². The van der Waals surface area contributed by atoms with E-state index in [1.807, 2.05) is 0 Å². The maximum Gasteiger partial charge on any atom is 0.416 e. The fraction of sp³-hybridized carbons (Fsp3) is 0.588. The van der Waals surface area contributed by atoms with Crippen molar-refractivity contribution in [3.63, 3.8) is 0 Å². The van der Waals surface area contributed by atoms with E-state index in [-0.39, 0.29) is 5.91 Å². The van der Waals surface area contributed by atoms with Crippen LogP contribution in [0.1, 0.15) is 36.8 Å². The predicted octanol–water partition coefficient (Wildman–Crippen LogP) is 2.85. The van der Waals surface area contributed by atoms with Gasteiger partial charge in [-0.05, 0) is 24.5 Å². The Kier molecular flexibility index (Phi) is 4.36. The van der Waals surface area contributed by atoms with E-state index in [9.17, 15) is 18.0 Å². The van der Waals surface area contributed by atoms with Gasteiger partial charge in [0, 0.05) is 25.6 Å². The van der Waals surface area contributed by atoms with Gasteiger partial charge in [-0.15, -0.1) is 0 Å². The number of nitrogens with one attached hydrogen (secondary N) is 2. The monoisotopic (exact) mass is 326 g/mol. The molecular formula is C17H21F3N2O. The van der Waals surface area contributed by atoms with E-state index in [2.05, 4.69) is 10.6 Å². The van der Waals surface area contributed by atoms with Gasteiger partial charge in [0.15, 0.2) is 0 Å². The summed E-state index contributed by atoms with van der Waals surface area (Å²) >= 11 is 0. The highest BCUT2D eigenvalue weighted by molar-refractivity contribution is 5.88. The molecule has 2 fully saturated rings. The molecule has 6 heteroatoms. The van der Waals surface area contributed by atoms with Crippen LogP contribution in [0.5, 0.6) is 0 Å². The zero-order valence-corrected chi connectivity index (χ0v) is 12.9. The van der Waals surface area contributed by atoms with Gasteiger partial charge >= 0.3 is 6.18 Å². The Morgan fingerprint density at radius 3 is 2.52 bits per heavy atom. The van der Waals surface area contributed by atoms with Crippen LogP contribution in [-0.2, 0) is 16.4 Å². The third-order valence-electron chi connectivity index (χ3n) is 5.05. The summed E-state index contributed by atoms with van der Waals surface area (Å²) in [4.78, 5) is 12.8. The molecule has 1 aliphatic carbocycles. The fourth-order valence-corrected chi connectivity index (χ4v) is 3.52. The molecule has 2 N–H and O–H groups in total. The summed E-state index contributed by atoms with van der Waals surface area (Å²) in [5.41, 5.74) is -0.996. The zero-order chi connectivity index (χ0) is 16.5. The van der Waals surface area contributed by atoms with Gasteiger partial charge in [0.25, 0.3) is 0 Å². The highest BCUT2D eigenvalue weighted by atomic mass is 19.4. The standard InChI is InChI=1S/C17H21F3N2O/c18-17(19,20)14-5-3-4-13(8-14)16(6-1-2-7-16)15(23)22-11-12-9-21-10-12/h3-5,8,12,21H,1-2,6-7,9-11H2,(H,22,23). The minimum Gasteiger partial charge on any atom is -0.355 e. The predicted molar refractivity (Wildman–Crippen MR) is 81.0 cm³/mol. The lowest BCUT2D eigenvalue weighted by molar-refractivity contribution is -0.138. The summed E-state index contributed by atoms with van der Waals surface area (Å²) in [6.45, 7) is 2.36. The number of rotatable bonds is 4. The van der Waals surface area contributed by atoms with E-state index in [1.165, 1.54) is 6.07 Å². The first-order valence-corrected chi connectivity index (χ1v) is 8.08. The first-order valence-electron chi connectivity index (χ1n) is 8.08. The molecule has 1 saturated heterocycles. The van der Waals surface area contributed by atoms with Gasteiger partial charge in [0.1, 0.15) is 0 Å². The average molecular weight is 326 g/mol. The molecule has 1 saturated carbocycles. The Morgan fingerprint density at radius 2 is 1.96 bits per heavy atom. The maximum absolute atomic E-state index is 13.0. The van der Waals surface area contributed by atoms with Crippen molar-refractivity contribution >= 4 is 5.91 Å². The zero-order valence-electron chi connectivity index (χ0n) is 12.9. The van der Waals surface area contributed by atoms with Crippen molar-refractivity contribution < 1.29 is 18.0 Å². The summed E-state index contributed by atoms with van der Waals surface area (Å²) < 4.78 is 38.9. The summed E-state index contributed by atoms with van der Waals surface area (Å²) in [6.07, 6.45) is -1.42. The smallest absolute Gasteiger partial charge is 0.355 e. The fourth-order valence-electron chi connectivity index (χ4n) is 3.52. The molecule has 23 heavy (non-hydrogen) atoms. The largest absolute Gasteiger partial charge is 0.416 e. The number of hydrogen-bond donors (Lipinski definition) is 2. The molecule has 3 rings (SSSR count). The van der Waals surface area contributed by atoms with Crippen LogP contribution in [0.3, 0.4) is 0 Å². The highest BCUT2D eigenvalue weighted by Crippen LogP contribution is 2.43. The quantitative estimate of drug-likeness (QED) is 0.893. The number of halogens is 3. The summed E-state index contributed by atoms with van der Waals surface area (Å²) in [7, 11) is 0. The van der Waals surface area contributed by atoms with Gasteiger partial charge in [-0.1, -0.05) is 31.0 Å². The molecule has 0 bridgehead atoms. The SMILES string of the molecule is O=C(NCC1CNC1)C1(c2cccc(C(F)(F)F)c2)CCCC1. The number of amides is 1. The van der Waals surface area contributed by atoms with Gasteiger partial charge in [0.2, 0.25) is 5.91 Å². The van der Waals surface area contributed by atoms with Crippen molar-refractivity contribution in [3.05, 3.63) is 35.4 Å². The second-order valence-corrected chi connectivity index (χ2v) is 6.60. The minimum absolute atomic E-state index is 0.124. The molecule has 0 spiro atoms. The number of hydrogen-bond acceptors (Lipinski definition) is 2.